The average molecular weight is 360 g/mol. The predicted octanol–water partition coefficient (Wildman–Crippen LogP) is 1.65. The summed E-state index contributed by atoms with van der Waals surface area (Å²) in [4.78, 5) is 35.1. The van der Waals surface area contributed by atoms with Crippen LogP contribution < -0.4 is 16.8 Å². The summed E-state index contributed by atoms with van der Waals surface area (Å²) < 4.78 is 0. The van der Waals surface area contributed by atoms with E-state index >= 15 is 0 Å². The number of nitrogens with two attached hydrogens (primary N) is 2. The number of urea groups is 1. The zero-order valence-corrected chi connectivity index (χ0v) is 14.5. The first kappa shape index (κ1) is 17.3. The normalized spacial score (nSPS) is 17.8. The van der Waals surface area contributed by atoms with Crippen LogP contribution in [0, 0.1) is 0 Å². The average Bonchev–Trinajstić information content (AvgIpc) is 2.87. The van der Waals surface area contributed by atoms with Crippen molar-refractivity contribution in [3.05, 3.63) is 30.2 Å². The monoisotopic (exact) mass is 360 g/mol. The van der Waals surface area contributed by atoms with Crippen molar-refractivity contribution in [1.82, 2.24) is 14.9 Å². The Labute approximate surface area is 149 Å². The highest BCUT2D eigenvalue weighted by atomic mass is 32.1. The molecule has 1 aliphatic rings. The van der Waals surface area contributed by atoms with E-state index in [1.54, 1.807) is 29.6 Å². The second-order valence-electron chi connectivity index (χ2n) is 5.94. The van der Waals surface area contributed by atoms with E-state index in [1.165, 1.54) is 11.3 Å². The lowest BCUT2D eigenvalue weighted by Gasteiger charge is -2.22. The van der Waals surface area contributed by atoms with Gasteiger partial charge in [-0.3, -0.25) is 20.1 Å². The van der Waals surface area contributed by atoms with Crippen LogP contribution in [-0.2, 0) is 0 Å². The van der Waals surface area contributed by atoms with Gasteiger partial charge in [-0.1, -0.05) is 6.42 Å². The van der Waals surface area contributed by atoms with Crippen LogP contribution in [0.4, 0.5) is 9.80 Å². The number of aromatic nitrogens is 2. The highest BCUT2D eigenvalue weighted by Crippen LogP contribution is 2.35. The predicted molar refractivity (Wildman–Crippen MR) is 96.3 cm³/mol. The van der Waals surface area contributed by atoms with Gasteiger partial charge >= 0.3 is 6.03 Å². The van der Waals surface area contributed by atoms with Crippen LogP contribution in [0.25, 0.3) is 10.6 Å². The van der Waals surface area contributed by atoms with E-state index < -0.39 is 6.03 Å². The Balaban J connectivity index is 1.94. The second kappa shape index (κ2) is 7.58. The smallest absolute Gasteiger partial charge is 0.317 e. The number of carbonyl (C=O) groups excluding carboxylic acids is 2. The van der Waals surface area contributed by atoms with Gasteiger partial charge in [0.1, 0.15) is 5.00 Å². The first-order chi connectivity index (χ1) is 12.0. The fourth-order valence-corrected chi connectivity index (χ4v) is 3.85. The molecule has 1 aliphatic heterocycles. The molecular weight excluding hydrogens is 340 g/mol. The first-order valence-electron chi connectivity index (χ1n) is 8.06. The number of likely N-dealkylation sites (tertiary alicyclic amines) is 1. The maximum Gasteiger partial charge on any atom is 0.317 e. The van der Waals surface area contributed by atoms with E-state index in [0.29, 0.717) is 29.3 Å². The fraction of sp³-hybridized carbons (Fsp3) is 0.375. The highest BCUT2D eigenvalue weighted by Gasteiger charge is 2.25. The van der Waals surface area contributed by atoms with Gasteiger partial charge in [0.15, 0.2) is 0 Å². The molecule has 0 aromatic carbocycles. The molecule has 9 heteroatoms. The number of nitrogens with zero attached hydrogens (tertiary/aromatic N) is 3. The topological polar surface area (TPSA) is 127 Å². The minimum Gasteiger partial charge on any atom is -0.351 e. The number of nitrogens with one attached hydrogen (secondary N) is 1. The van der Waals surface area contributed by atoms with Crippen molar-refractivity contribution in [2.45, 2.75) is 25.3 Å². The number of carbonyl (C=O) groups is 2. The Morgan fingerprint density at radius 1 is 1.32 bits per heavy atom. The van der Waals surface area contributed by atoms with Crippen molar-refractivity contribution < 1.29 is 9.59 Å². The van der Waals surface area contributed by atoms with Gasteiger partial charge in [0, 0.05) is 31.5 Å². The number of amides is 3. The van der Waals surface area contributed by atoms with Gasteiger partial charge in [-0.25, -0.2) is 4.79 Å². The third-order valence-corrected chi connectivity index (χ3v) is 5.08. The van der Waals surface area contributed by atoms with E-state index in [4.69, 9.17) is 11.5 Å². The molecule has 1 unspecified atom stereocenters. The number of hydrogen-bond donors (Lipinski definition) is 3. The van der Waals surface area contributed by atoms with E-state index in [2.05, 4.69) is 15.3 Å². The molecule has 3 amide bonds. The fourth-order valence-electron chi connectivity index (χ4n) is 2.84. The van der Waals surface area contributed by atoms with Crippen molar-refractivity contribution in [2.24, 2.45) is 11.5 Å². The van der Waals surface area contributed by atoms with Gasteiger partial charge in [0.2, 0.25) is 0 Å². The number of thiophene rings is 1. The number of primary amides is 1. The summed E-state index contributed by atoms with van der Waals surface area (Å²) in [6.07, 6.45) is 7.58. The van der Waals surface area contributed by atoms with Crippen LogP contribution in [-0.4, -0.2) is 45.9 Å². The van der Waals surface area contributed by atoms with Crippen LogP contribution in [0.5, 0.6) is 0 Å². The van der Waals surface area contributed by atoms with E-state index in [1.807, 2.05) is 0 Å². The first-order valence-corrected chi connectivity index (χ1v) is 8.88. The minimum absolute atomic E-state index is 0.0305. The van der Waals surface area contributed by atoms with Crippen LogP contribution in [0.15, 0.2) is 24.7 Å². The van der Waals surface area contributed by atoms with Crippen molar-refractivity contribution in [2.75, 3.05) is 18.4 Å². The molecule has 8 nitrogen and oxygen atoms in total. The summed E-state index contributed by atoms with van der Waals surface area (Å²) in [5.41, 5.74) is 12.3. The Hall–Kier alpha value is -2.52. The molecule has 3 heterocycles. The lowest BCUT2D eigenvalue weighted by atomic mass is 10.1. The molecule has 25 heavy (non-hydrogen) atoms. The Kier molecular flexibility index (Phi) is 5.25. The molecule has 0 saturated carbocycles. The van der Waals surface area contributed by atoms with Crippen LogP contribution in [0.1, 0.15) is 29.6 Å². The van der Waals surface area contributed by atoms with Gasteiger partial charge in [-0.15, -0.1) is 11.3 Å². The van der Waals surface area contributed by atoms with Gasteiger partial charge < -0.3 is 16.4 Å². The van der Waals surface area contributed by atoms with Crippen LogP contribution >= 0.6 is 11.3 Å². The zero-order chi connectivity index (χ0) is 17.8. The lowest BCUT2D eigenvalue weighted by Crippen LogP contribution is -2.39. The SMILES string of the molecule is NC(=O)Nc1sc(-c2cnccn2)cc1C(=O)N1CCCCC(N)C1. The lowest BCUT2D eigenvalue weighted by molar-refractivity contribution is 0.0756. The molecule has 5 N–H and O–H groups in total. The van der Waals surface area contributed by atoms with E-state index in [9.17, 15) is 9.59 Å². The maximum absolute atomic E-state index is 13.0. The van der Waals surface area contributed by atoms with Crippen molar-refractivity contribution in [3.8, 4) is 10.6 Å². The summed E-state index contributed by atoms with van der Waals surface area (Å²) in [7, 11) is 0. The quantitative estimate of drug-likeness (QED) is 0.767. The van der Waals surface area contributed by atoms with Gasteiger partial charge in [0.25, 0.3) is 5.91 Å². The zero-order valence-electron chi connectivity index (χ0n) is 13.6. The van der Waals surface area contributed by atoms with E-state index in [0.717, 1.165) is 24.1 Å². The van der Waals surface area contributed by atoms with Gasteiger partial charge in [-0.2, -0.15) is 0 Å². The standard InChI is InChI=1S/C16H20N6O2S/c17-10-3-1-2-6-22(9-10)15(23)11-7-13(12-8-19-4-5-20-12)25-14(11)21-16(18)24/h4-5,7-8,10H,1-3,6,9,17H2,(H3,18,21,24). The molecule has 0 spiro atoms. The third-order valence-electron chi connectivity index (χ3n) is 4.01. The molecule has 3 rings (SSSR count). The van der Waals surface area contributed by atoms with Crippen molar-refractivity contribution >= 4 is 28.3 Å². The van der Waals surface area contributed by atoms with Gasteiger partial charge in [-0.05, 0) is 18.9 Å². The summed E-state index contributed by atoms with van der Waals surface area (Å²) in [6.45, 7) is 1.16. The Morgan fingerprint density at radius 3 is 2.88 bits per heavy atom. The Bertz CT molecular complexity index is 763. The summed E-state index contributed by atoms with van der Waals surface area (Å²) >= 11 is 1.25. The van der Waals surface area contributed by atoms with Gasteiger partial charge in [0.05, 0.1) is 22.3 Å². The number of hydrogen-bond acceptors (Lipinski definition) is 6. The summed E-state index contributed by atoms with van der Waals surface area (Å²) in [5, 5.41) is 2.95. The van der Waals surface area contributed by atoms with Crippen molar-refractivity contribution in [3.63, 3.8) is 0 Å². The largest absolute Gasteiger partial charge is 0.351 e. The molecule has 1 fully saturated rings. The molecule has 1 atom stereocenters. The maximum atomic E-state index is 13.0. The van der Waals surface area contributed by atoms with Crippen molar-refractivity contribution in [1.29, 1.82) is 0 Å². The molecule has 2 aromatic heterocycles. The second-order valence-corrected chi connectivity index (χ2v) is 6.99. The number of rotatable bonds is 3. The molecule has 0 aliphatic carbocycles. The molecular formula is C16H20N6O2S. The Morgan fingerprint density at radius 2 is 2.16 bits per heavy atom. The molecule has 0 bridgehead atoms. The highest BCUT2D eigenvalue weighted by molar-refractivity contribution is 7.20. The molecule has 2 aromatic rings. The summed E-state index contributed by atoms with van der Waals surface area (Å²) in [6, 6.07) is 0.977. The molecule has 132 valence electrons. The van der Waals surface area contributed by atoms with Crippen LogP contribution in [0.3, 0.4) is 0 Å². The molecule has 0 radical (unpaired) electrons. The third kappa shape index (κ3) is 4.12. The van der Waals surface area contributed by atoms with Crippen LogP contribution in [0.2, 0.25) is 0 Å². The number of anilines is 1. The molecule has 1 saturated heterocycles. The minimum atomic E-state index is -0.714. The summed E-state index contributed by atoms with van der Waals surface area (Å²) in [5.74, 6) is -0.160. The van der Waals surface area contributed by atoms with E-state index in [-0.39, 0.29) is 11.9 Å².